The molecule has 46 heavy (non-hydrogen) atoms. The van der Waals surface area contributed by atoms with E-state index in [0.717, 1.165) is 68.4 Å². The molecule has 1 aromatic heterocycles. The number of nitrogens with one attached hydrogen (secondary N) is 3. The molecule has 5 rings (SSSR count). The number of halogens is 4. The van der Waals surface area contributed by atoms with Crippen LogP contribution in [0.15, 0.2) is 30.3 Å². The minimum atomic E-state index is -4.42. The van der Waals surface area contributed by atoms with Crippen LogP contribution in [0.25, 0.3) is 10.1 Å². The van der Waals surface area contributed by atoms with Gasteiger partial charge in [0, 0.05) is 38.3 Å². The molecule has 0 bridgehead atoms. The summed E-state index contributed by atoms with van der Waals surface area (Å²) in [7, 11) is 1.37. The van der Waals surface area contributed by atoms with E-state index in [1.807, 2.05) is 6.07 Å². The number of carbonyl (C=O) groups excluding carboxylic acids is 1. The molecule has 0 unspecified atom stereocenters. The molecule has 2 heterocycles. The summed E-state index contributed by atoms with van der Waals surface area (Å²) >= 11 is 1.23. The molecule has 8 nitrogen and oxygen atoms in total. The second kappa shape index (κ2) is 15.3. The maximum atomic E-state index is 14.6. The van der Waals surface area contributed by atoms with Crippen molar-refractivity contribution in [3.8, 4) is 17.6 Å². The van der Waals surface area contributed by atoms with Gasteiger partial charge in [0.2, 0.25) is 0 Å². The normalized spacial score (nSPS) is 18.9. The largest absolute Gasteiger partial charge is 0.489 e. The molecule has 0 spiro atoms. The number of morpholine rings is 1. The van der Waals surface area contributed by atoms with Crippen LogP contribution in [-0.4, -0.2) is 87.3 Å². The van der Waals surface area contributed by atoms with Gasteiger partial charge in [-0.2, -0.15) is 13.2 Å². The van der Waals surface area contributed by atoms with E-state index in [4.69, 9.17) is 14.6 Å². The number of hydrogen-bond acceptors (Lipinski definition) is 8. The predicted octanol–water partition coefficient (Wildman–Crippen LogP) is 5.39. The van der Waals surface area contributed by atoms with Gasteiger partial charge in [-0.05, 0) is 48.8 Å². The number of rotatable bonds is 10. The van der Waals surface area contributed by atoms with Crippen molar-refractivity contribution >= 4 is 38.7 Å². The standard InChI is InChI=1S/C33H38F4N4O4S/c1-38-32(43)24-18-29(45-17-14-42)28(19-26(24)34)39-11-3-6-30-25(20-33(35,36)37)23-4-2-5-27(31(23)46-30)40-21-7-9-22(10-8-21)41-12-15-44-16-13-41/h2,4-5,18-19,21-22,39-40,42H,7-17,20H2,1H3,(H,38,43). The van der Waals surface area contributed by atoms with Crippen LogP contribution in [0, 0.1) is 17.7 Å². The zero-order chi connectivity index (χ0) is 32.7. The molecule has 2 fully saturated rings. The van der Waals surface area contributed by atoms with Crippen molar-refractivity contribution in [2.45, 2.75) is 50.4 Å². The first-order valence-corrected chi connectivity index (χ1v) is 16.2. The lowest BCUT2D eigenvalue weighted by molar-refractivity contribution is -0.126. The highest BCUT2D eigenvalue weighted by Gasteiger charge is 2.32. The van der Waals surface area contributed by atoms with Gasteiger partial charge >= 0.3 is 6.18 Å². The summed E-state index contributed by atoms with van der Waals surface area (Å²) in [5.74, 6) is 4.47. The van der Waals surface area contributed by atoms with Crippen LogP contribution in [0.4, 0.5) is 28.9 Å². The summed E-state index contributed by atoms with van der Waals surface area (Å²) in [5.41, 5.74) is 0.898. The maximum Gasteiger partial charge on any atom is 0.393 e. The van der Waals surface area contributed by atoms with Crippen LogP contribution >= 0.6 is 11.3 Å². The van der Waals surface area contributed by atoms with Crippen LogP contribution in [0.1, 0.15) is 46.5 Å². The molecule has 2 aromatic carbocycles. The van der Waals surface area contributed by atoms with Crippen molar-refractivity contribution in [1.82, 2.24) is 10.2 Å². The molecule has 0 radical (unpaired) electrons. The number of aliphatic hydroxyl groups is 1. The van der Waals surface area contributed by atoms with Crippen LogP contribution in [-0.2, 0) is 11.2 Å². The van der Waals surface area contributed by atoms with Crippen molar-refractivity contribution in [2.24, 2.45) is 0 Å². The van der Waals surface area contributed by atoms with Gasteiger partial charge in [-0.25, -0.2) is 4.39 Å². The van der Waals surface area contributed by atoms with Gasteiger partial charge < -0.3 is 30.5 Å². The Morgan fingerprint density at radius 2 is 1.91 bits per heavy atom. The molecule has 1 aliphatic heterocycles. The molecule has 4 N–H and O–H groups in total. The second-order valence-electron chi connectivity index (χ2n) is 11.3. The quantitative estimate of drug-likeness (QED) is 0.171. The summed E-state index contributed by atoms with van der Waals surface area (Å²) in [6.07, 6.45) is -1.45. The van der Waals surface area contributed by atoms with E-state index < -0.39 is 24.3 Å². The number of anilines is 2. The Bertz CT molecular complexity index is 1570. The fraction of sp³-hybridized carbons (Fsp3) is 0.485. The number of benzene rings is 2. The molecule has 2 aliphatic rings. The molecule has 1 aliphatic carbocycles. The van der Waals surface area contributed by atoms with Crippen LogP contribution in [0.2, 0.25) is 0 Å². The molecule has 248 valence electrons. The lowest BCUT2D eigenvalue weighted by atomic mass is 9.89. The topological polar surface area (TPSA) is 95.1 Å². The zero-order valence-electron chi connectivity index (χ0n) is 25.6. The van der Waals surface area contributed by atoms with E-state index >= 15 is 0 Å². The van der Waals surface area contributed by atoms with Crippen LogP contribution < -0.4 is 20.7 Å². The van der Waals surface area contributed by atoms with Crippen molar-refractivity contribution in [2.75, 3.05) is 63.7 Å². The minimum Gasteiger partial charge on any atom is -0.489 e. The second-order valence-corrected chi connectivity index (χ2v) is 12.3. The molecule has 3 aromatic rings. The summed E-state index contributed by atoms with van der Waals surface area (Å²) in [4.78, 5) is 14.8. The smallest absolute Gasteiger partial charge is 0.393 e. The molecule has 0 atom stereocenters. The Morgan fingerprint density at radius 1 is 1.15 bits per heavy atom. The first-order chi connectivity index (χ1) is 22.2. The molecule has 1 amide bonds. The summed E-state index contributed by atoms with van der Waals surface area (Å²) in [5, 5.41) is 18.6. The average molecular weight is 663 g/mol. The monoisotopic (exact) mass is 662 g/mol. The van der Waals surface area contributed by atoms with E-state index in [1.54, 1.807) is 12.1 Å². The predicted molar refractivity (Wildman–Crippen MR) is 171 cm³/mol. The molecular formula is C33H38F4N4O4S. The average Bonchev–Trinajstić information content (AvgIpc) is 3.39. The van der Waals surface area contributed by atoms with Crippen molar-refractivity contribution in [1.29, 1.82) is 0 Å². The number of fused-ring (bicyclic) bond motifs is 1. The zero-order valence-corrected chi connectivity index (χ0v) is 26.4. The number of nitrogens with zero attached hydrogens (tertiary/aromatic N) is 1. The van der Waals surface area contributed by atoms with Gasteiger partial charge in [-0.15, -0.1) is 11.3 Å². The van der Waals surface area contributed by atoms with Gasteiger partial charge in [0.25, 0.3) is 5.91 Å². The molecule has 1 saturated carbocycles. The number of hydrogen-bond donors (Lipinski definition) is 4. The number of thiophene rings is 1. The summed E-state index contributed by atoms with van der Waals surface area (Å²) in [6.45, 7) is 3.03. The van der Waals surface area contributed by atoms with E-state index in [9.17, 15) is 22.4 Å². The third-order valence-corrected chi connectivity index (χ3v) is 9.47. The molecular weight excluding hydrogens is 624 g/mol. The SMILES string of the molecule is CNC(=O)c1cc(OCCO)c(NCC#Cc2sc3c(NC4CCC(N5CCOCC5)CC4)cccc3c2CC(F)(F)F)cc1F. The summed E-state index contributed by atoms with van der Waals surface area (Å²) < 4.78 is 67.5. The van der Waals surface area contributed by atoms with E-state index in [-0.39, 0.29) is 48.4 Å². The number of alkyl halides is 3. The third kappa shape index (κ3) is 8.41. The Morgan fingerprint density at radius 3 is 2.61 bits per heavy atom. The number of ether oxygens (including phenoxy) is 2. The Balaban J connectivity index is 1.34. The summed E-state index contributed by atoms with van der Waals surface area (Å²) in [6, 6.07) is 8.46. The van der Waals surface area contributed by atoms with Gasteiger partial charge in [0.05, 0.1) is 59.3 Å². The van der Waals surface area contributed by atoms with Gasteiger partial charge in [-0.3, -0.25) is 9.69 Å². The van der Waals surface area contributed by atoms with Crippen molar-refractivity contribution in [3.05, 3.63) is 52.2 Å². The fourth-order valence-electron chi connectivity index (χ4n) is 6.05. The maximum absolute atomic E-state index is 14.6. The highest BCUT2D eigenvalue weighted by molar-refractivity contribution is 7.20. The number of carbonyl (C=O) groups is 1. The molecule has 1 saturated heterocycles. The van der Waals surface area contributed by atoms with Crippen LogP contribution in [0.3, 0.4) is 0 Å². The van der Waals surface area contributed by atoms with Crippen molar-refractivity contribution < 1.29 is 36.9 Å². The Kier molecular flexibility index (Phi) is 11.3. The highest BCUT2D eigenvalue weighted by Crippen LogP contribution is 2.40. The first kappa shape index (κ1) is 33.8. The number of amides is 1. The van der Waals surface area contributed by atoms with E-state index in [0.29, 0.717) is 16.3 Å². The van der Waals surface area contributed by atoms with Gasteiger partial charge in [-0.1, -0.05) is 24.0 Å². The third-order valence-electron chi connectivity index (χ3n) is 8.27. The minimum absolute atomic E-state index is 0.0363. The van der Waals surface area contributed by atoms with Crippen molar-refractivity contribution in [3.63, 3.8) is 0 Å². The molecule has 13 heteroatoms. The first-order valence-electron chi connectivity index (χ1n) is 15.4. The number of aliphatic hydroxyl groups excluding tert-OH is 1. The van der Waals surface area contributed by atoms with Gasteiger partial charge in [0.15, 0.2) is 0 Å². The highest BCUT2D eigenvalue weighted by atomic mass is 32.1. The Labute approximate surface area is 269 Å². The lowest BCUT2D eigenvalue weighted by Crippen LogP contribution is -2.46. The Hall–Kier alpha value is -3.57. The lowest BCUT2D eigenvalue weighted by Gasteiger charge is -2.39. The van der Waals surface area contributed by atoms with E-state index in [1.165, 1.54) is 24.5 Å². The fourth-order valence-corrected chi connectivity index (χ4v) is 7.22. The van der Waals surface area contributed by atoms with E-state index in [2.05, 4.69) is 32.7 Å². The van der Waals surface area contributed by atoms with Crippen LogP contribution in [0.5, 0.6) is 5.75 Å². The van der Waals surface area contributed by atoms with Gasteiger partial charge in [0.1, 0.15) is 18.2 Å².